The van der Waals surface area contributed by atoms with Crippen LogP contribution in [0.3, 0.4) is 0 Å². The van der Waals surface area contributed by atoms with E-state index in [1.165, 1.54) is 0 Å². The van der Waals surface area contributed by atoms with Crippen molar-refractivity contribution in [1.82, 2.24) is 4.90 Å². The topological polar surface area (TPSA) is 88.9 Å². The van der Waals surface area contributed by atoms with E-state index in [1.54, 1.807) is 16.2 Å². The summed E-state index contributed by atoms with van der Waals surface area (Å²) in [4.78, 5) is 28.8. The summed E-state index contributed by atoms with van der Waals surface area (Å²) < 4.78 is 16.5. The van der Waals surface area contributed by atoms with Crippen molar-refractivity contribution in [2.75, 3.05) is 39.5 Å². The van der Waals surface area contributed by atoms with Crippen LogP contribution in [0.1, 0.15) is 46.2 Å². The van der Waals surface area contributed by atoms with E-state index in [0.717, 1.165) is 45.9 Å². The SMILES string of the molecule is CCOc1ccccc1CCC(=O)Cc1sc2c(c1C#N)CCC(COC(=O)N1CCOCC1)C2. The largest absolute Gasteiger partial charge is 0.494 e. The van der Waals surface area contributed by atoms with Gasteiger partial charge in [-0.1, -0.05) is 18.2 Å². The third-order valence-corrected chi connectivity index (χ3v) is 7.82. The predicted molar refractivity (Wildman–Crippen MR) is 133 cm³/mol. The van der Waals surface area contributed by atoms with E-state index in [1.807, 2.05) is 31.2 Å². The van der Waals surface area contributed by atoms with Crippen molar-refractivity contribution in [3.05, 3.63) is 50.7 Å². The monoisotopic (exact) mass is 496 g/mol. The number of carbonyl (C=O) groups excluding carboxylic acids is 2. The maximum Gasteiger partial charge on any atom is 0.409 e. The fraction of sp³-hybridized carbons (Fsp3) is 0.519. The highest BCUT2D eigenvalue weighted by Crippen LogP contribution is 2.37. The first kappa shape index (κ1) is 25.2. The molecule has 4 rings (SSSR count). The summed E-state index contributed by atoms with van der Waals surface area (Å²) in [5, 5.41) is 9.81. The summed E-state index contributed by atoms with van der Waals surface area (Å²) in [6.45, 7) is 5.15. The van der Waals surface area contributed by atoms with E-state index in [2.05, 4.69) is 6.07 Å². The lowest BCUT2D eigenvalue weighted by Crippen LogP contribution is -2.41. The molecule has 0 saturated carbocycles. The van der Waals surface area contributed by atoms with Crippen LogP contribution in [0.25, 0.3) is 0 Å². The van der Waals surface area contributed by atoms with Crippen molar-refractivity contribution in [2.45, 2.75) is 45.4 Å². The molecule has 2 aliphatic rings. The number of hydrogen-bond donors (Lipinski definition) is 0. The van der Waals surface area contributed by atoms with Gasteiger partial charge < -0.3 is 19.1 Å². The zero-order chi connectivity index (χ0) is 24.6. The maximum atomic E-state index is 12.8. The maximum absolute atomic E-state index is 12.8. The molecule has 1 amide bonds. The number of aryl methyl sites for hydroxylation is 1. The molecule has 1 fully saturated rings. The zero-order valence-electron chi connectivity index (χ0n) is 20.2. The second-order valence-electron chi connectivity index (χ2n) is 8.96. The first-order chi connectivity index (χ1) is 17.1. The number of benzene rings is 1. The van der Waals surface area contributed by atoms with Crippen molar-refractivity contribution >= 4 is 23.2 Å². The van der Waals surface area contributed by atoms with E-state index >= 15 is 0 Å². The van der Waals surface area contributed by atoms with Crippen LogP contribution in [0.15, 0.2) is 24.3 Å². The summed E-state index contributed by atoms with van der Waals surface area (Å²) >= 11 is 1.58. The molecule has 2 aromatic rings. The predicted octanol–water partition coefficient (Wildman–Crippen LogP) is 4.34. The molecule has 7 nitrogen and oxygen atoms in total. The summed E-state index contributed by atoms with van der Waals surface area (Å²) in [7, 11) is 0. The van der Waals surface area contributed by atoms with Gasteiger partial charge in [0.05, 0.1) is 32.0 Å². The number of fused-ring (bicyclic) bond motifs is 1. The van der Waals surface area contributed by atoms with Gasteiger partial charge in [-0.25, -0.2) is 4.79 Å². The molecule has 1 aliphatic carbocycles. The zero-order valence-corrected chi connectivity index (χ0v) is 21.0. The molecule has 1 aromatic heterocycles. The van der Waals surface area contributed by atoms with Gasteiger partial charge in [-0.05, 0) is 55.7 Å². The van der Waals surface area contributed by atoms with Crippen LogP contribution in [0.4, 0.5) is 4.79 Å². The average Bonchev–Trinajstić information content (AvgIpc) is 3.23. The number of rotatable bonds is 9. The van der Waals surface area contributed by atoms with E-state index in [0.29, 0.717) is 57.9 Å². The average molecular weight is 497 g/mol. The lowest BCUT2D eigenvalue weighted by Gasteiger charge is -2.28. The molecule has 0 N–H and O–H groups in total. The van der Waals surface area contributed by atoms with Crippen LogP contribution >= 0.6 is 11.3 Å². The van der Waals surface area contributed by atoms with Gasteiger partial charge in [0.25, 0.3) is 0 Å². The Kier molecular flexibility index (Phi) is 8.78. The lowest BCUT2D eigenvalue weighted by atomic mass is 9.87. The van der Waals surface area contributed by atoms with Crippen LogP contribution in [0.2, 0.25) is 0 Å². The molecule has 1 aliphatic heterocycles. The fourth-order valence-electron chi connectivity index (χ4n) is 4.68. The highest BCUT2D eigenvalue weighted by molar-refractivity contribution is 7.12. The van der Waals surface area contributed by atoms with Crippen LogP contribution in [0.5, 0.6) is 5.75 Å². The number of ether oxygens (including phenoxy) is 3. The third kappa shape index (κ3) is 6.41. The summed E-state index contributed by atoms with van der Waals surface area (Å²) in [6, 6.07) is 10.2. The summed E-state index contributed by atoms with van der Waals surface area (Å²) in [6.07, 6.45) is 3.48. The number of thiophene rings is 1. The van der Waals surface area contributed by atoms with Gasteiger partial charge in [-0.15, -0.1) is 11.3 Å². The van der Waals surface area contributed by atoms with Gasteiger partial charge >= 0.3 is 6.09 Å². The molecular formula is C27H32N2O5S. The molecule has 2 heterocycles. The van der Waals surface area contributed by atoms with Gasteiger partial charge in [-0.3, -0.25) is 4.79 Å². The molecule has 1 aromatic carbocycles. The Hall–Kier alpha value is -2.89. The van der Waals surface area contributed by atoms with Crippen LogP contribution in [0, 0.1) is 17.2 Å². The van der Waals surface area contributed by atoms with Gasteiger partial charge in [0, 0.05) is 35.7 Å². The molecular weight excluding hydrogens is 464 g/mol. The second-order valence-corrected chi connectivity index (χ2v) is 10.1. The number of nitrogens with zero attached hydrogens (tertiary/aromatic N) is 2. The number of para-hydroxylation sites is 1. The standard InChI is InChI=1S/C27H32N2O5S/c1-2-33-24-6-4-3-5-20(24)8-9-21(30)16-26-23(17-28)22-10-7-19(15-25(22)35-26)18-34-27(31)29-11-13-32-14-12-29/h3-6,19H,2,7-16,18H2,1H3. The number of Topliss-reactive ketones (excluding diaryl/α,β-unsaturated/α-hetero) is 1. The Balaban J connectivity index is 1.33. The first-order valence-corrected chi connectivity index (χ1v) is 13.2. The number of nitriles is 1. The van der Waals surface area contributed by atoms with Crippen LogP contribution < -0.4 is 4.74 Å². The van der Waals surface area contributed by atoms with Crippen molar-refractivity contribution in [1.29, 1.82) is 5.26 Å². The smallest absolute Gasteiger partial charge is 0.409 e. The molecule has 8 heteroatoms. The van der Waals surface area contributed by atoms with Gasteiger partial charge in [0.15, 0.2) is 0 Å². The Morgan fingerprint density at radius 1 is 1.26 bits per heavy atom. The molecule has 1 saturated heterocycles. The van der Waals surface area contributed by atoms with Crippen molar-refractivity contribution in [3.8, 4) is 11.8 Å². The van der Waals surface area contributed by atoms with Crippen molar-refractivity contribution in [2.24, 2.45) is 5.92 Å². The quantitative estimate of drug-likeness (QED) is 0.513. The Morgan fingerprint density at radius 2 is 2.06 bits per heavy atom. The normalized spacial score (nSPS) is 17.4. The van der Waals surface area contributed by atoms with Crippen molar-refractivity contribution < 1.29 is 23.8 Å². The summed E-state index contributed by atoms with van der Waals surface area (Å²) in [5.74, 6) is 1.19. The second kappa shape index (κ2) is 12.2. The number of carbonyl (C=O) groups is 2. The minimum absolute atomic E-state index is 0.127. The van der Waals surface area contributed by atoms with E-state index in [9.17, 15) is 14.9 Å². The molecule has 186 valence electrons. The van der Waals surface area contributed by atoms with Crippen LogP contribution in [-0.2, 0) is 40.0 Å². The highest BCUT2D eigenvalue weighted by Gasteiger charge is 2.28. The Labute approximate surface area is 210 Å². The van der Waals surface area contributed by atoms with Gasteiger partial charge in [0.2, 0.25) is 0 Å². The summed E-state index contributed by atoms with van der Waals surface area (Å²) in [5.41, 5.74) is 2.79. The molecule has 0 bridgehead atoms. The molecule has 1 unspecified atom stereocenters. The van der Waals surface area contributed by atoms with Gasteiger partial charge in [0.1, 0.15) is 17.6 Å². The minimum atomic E-state index is -0.278. The minimum Gasteiger partial charge on any atom is -0.494 e. The number of amides is 1. The number of morpholine rings is 1. The fourth-order valence-corrected chi connectivity index (χ4v) is 6.13. The Morgan fingerprint density at radius 3 is 2.83 bits per heavy atom. The third-order valence-electron chi connectivity index (χ3n) is 6.57. The van der Waals surface area contributed by atoms with Crippen molar-refractivity contribution in [3.63, 3.8) is 0 Å². The lowest BCUT2D eigenvalue weighted by molar-refractivity contribution is -0.118. The molecule has 0 spiro atoms. The first-order valence-electron chi connectivity index (χ1n) is 12.3. The number of ketones is 1. The molecule has 0 radical (unpaired) electrons. The van der Waals surface area contributed by atoms with E-state index in [-0.39, 0.29) is 24.2 Å². The molecule has 35 heavy (non-hydrogen) atoms. The molecule has 1 atom stereocenters. The van der Waals surface area contributed by atoms with Gasteiger partial charge in [-0.2, -0.15) is 5.26 Å². The highest BCUT2D eigenvalue weighted by atomic mass is 32.1. The van der Waals surface area contributed by atoms with E-state index in [4.69, 9.17) is 14.2 Å². The number of hydrogen-bond acceptors (Lipinski definition) is 7. The van der Waals surface area contributed by atoms with Crippen LogP contribution in [-0.4, -0.2) is 56.3 Å². The van der Waals surface area contributed by atoms with E-state index < -0.39 is 0 Å². The Bertz CT molecular complexity index is 1080.